The lowest BCUT2D eigenvalue weighted by Crippen LogP contribution is -2.34. The number of nitrogens with zero attached hydrogens (tertiary/aromatic N) is 2. The van der Waals surface area contributed by atoms with Crippen molar-refractivity contribution in [2.45, 2.75) is 19.9 Å². The second kappa shape index (κ2) is 11.0. The maximum Gasteiger partial charge on any atom is 0.266 e. The molecule has 1 heterocycles. The second-order valence-electron chi connectivity index (χ2n) is 6.99. The third-order valence-corrected chi connectivity index (χ3v) is 4.89. The fourth-order valence-corrected chi connectivity index (χ4v) is 3.08. The van der Waals surface area contributed by atoms with Crippen molar-refractivity contribution < 1.29 is 19.0 Å². The van der Waals surface area contributed by atoms with E-state index in [1.807, 2.05) is 30.3 Å². The van der Waals surface area contributed by atoms with Crippen molar-refractivity contribution in [3.8, 4) is 28.5 Å². The summed E-state index contributed by atoms with van der Waals surface area (Å²) < 4.78 is 17.4. The van der Waals surface area contributed by atoms with E-state index in [9.17, 15) is 9.59 Å². The van der Waals surface area contributed by atoms with Gasteiger partial charge in [0.1, 0.15) is 5.75 Å². The van der Waals surface area contributed by atoms with Crippen LogP contribution in [0, 0.1) is 0 Å². The summed E-state index contributed by atoms with van der Waals surface area (Å²) in [6.45, 7) is 2.46. The Bertz CT molecular complexity index is 1110. The van der Waals surface area contributed by atoms with E-state index in [0.717, 1.165) is 12.0 Å². The molecule has 0 saturated carbocycles. The summed E-state index contributed by atoms with van der Waals surface area (Å²) in [5, 5.41) is 7.15. The van der Waals surface area contributed by atoms with Crippen molar-refractivity contribution in [3.05, 3.63) is 70.5 Å². The molecule has 0 aliphatic heterocycles. The molecule has 3 rings (SSSR count). The number of methoxy groups -OCH3 is 2. The maximum atomic E-state index is 12.2. The fourth-order valence-electron chi connectivity index (χ4n) is 3.08. The molecule has 2 aromatic carbocycles. The van der Waals surface area contributed by atoms with Crippen LogP contribution in [0.3, 0.4) is 0 Å². The molecule has 0 atom stereocenters. The Balaban J connectivity index is 1.57. The third kappa shape index (κ3) is 5.87. The minimum absolute atomic E-state index is 0.0977. The van der Waals surface area contributed by atoms with Crippen LogP contribution >= 0.6 is 0 Å². The first-order chi connectivity index (χ1) is 15.5. The minimum atomic E-state index is -0.270. The van der Waals surface area contributed by atoms with Crippen molar-refractivity contribution in [1.29, 1.82) is 0 Å². The molecule has 1 N–H and O–H groups in total. The molecular weight excluding hydrogens is 410 g/mol. The molecular formula is C24H27N3O5. The molecule has 0 fully saturated rings. The van der Waals surface area contributed by atoms with Gasteiger partial charge in [-0.1, -0.05) is 19.1 Å². The summed E-state index contributed by atoms with van der Waals surface area (Å²) >= 11 is 0. The summed E-state index contributed by atoms with van der Waals surface area (Å²) in [7, 11) is 3.12. The summed E-state index contributed by atoms with van der Waals surface area (Å²) in [6.07, 6.45) is 0.946. The van der Waals surface area contributed by atoms with Crippen molar-refractivity contribution in [2.75, 3.05) is 27.4 Å². The summed E-state index contributed by atoms with van der Waals surface area (Å²) in [6, 6.07) is 16.1. The monoisotopic (exact) mass is 437 g/mol. The normalized spacial score (nSPS) is 10.5. The van der Waals surface area contributed by atoms with Crippen LogP contribution < -0.4 is 25.1 Å². The SMILES string of the molecule is CCc1ccc(OCC(=O)NCCn2nc(-c3ccc(OC)c(OC)c3)ccc2=O)cc1. The third-order valence-electron chi connectivity index (χ3n) is 4.89. The zero-order valence-electron chi connectivity index (χ0n) is 18.5. The summed E-state index contributed by atoms with van der Waals surface area (Å²) in [4.78, 5) is 24.2. The topological polar surface area (TPSA) is 91.7 Å². The van der Waals surface area contributed by atoms with Crippen molar-refractivity contribution >= 4 is 5.91 Å². The number of aromatic nitrogens is 2. The number of hydrogen-bond acceptors (Lipinski definition) is 6. The van der Waals surface area contributed by atoms with Gasteiger partial charge in [-0.2, -0.15) is 5.10 Å². The highest BCUT2D eigenvalue weighted by molar-refractivity contribution is 5.77. The zero-order valence-corrected chi connectivity index (χ0v) is 18.5. The summed E-state index contributed by atoms with van der Waals surface area (Å²) in [5.74, 6) is 1.54. The fraction of sp³-hybridized carbons (Fsp3) is 0.292. The summed E-state index contributed by atoms with van der Waals surface area (Å²) in [5.41, 5.74) is 2.34. The van der Waals surface area contributed by atoms with Crippen LogP contribution in [0.4, 0.5) is 0 Å². The Morgan fingerprint density at radius 3 is 2.44 bits per heavy atom. The standard InChI is InChI=1S/C24H27N3O5/c1-4-17-5-8-19(9-6-17)32-16-23(28)25-13-14-27-24(29)12-10-20(26-27)18-7-11-21(30-2)22(15-18)31-3/h5-12,15H,4,13-14,16H2,1-3H3,(H,25,28). The van der Waals surface area contributed by atoms with Crippen molar-refractivity contribution in [2.24, 2.45) is 0 Å². The molecule has 32 heavy (non-hydrogen) atoms. The van der Waals surface area contributed by atoms with Crippen LogP contribution in [0.1, 0.15) is 12.5 Å². The number of carbonyl (C=O) groups excluding carboxylic acids is 1. The van der Waals surface area contributed by atoms with E-state index in [2.05, 4.69) is 17.3 Å². The van der Waals surface area contributed by atoms with Crippen LogP contribution in [0.2, 0.25) is 0 Å². The van der Waals surface area contributed by atoms with Crippen LogP contribution in [-0.2, 0) is 17.8 Å². The van der Waals surface area contributed by atoms with Gasteiger partial charge < -0.3 is 19.5 Å². The van der Waals surface area contributed by atoms with E-state index >= 15 is 0 Å². The lowest BCUT2D eigenvalue weighted by atomic mass is 10.1. The number of amides is 1. The van der Waals surface area contributed by atoms with E-state index in [1.165, 1.54) is 16.3 Å². The first kappa shape index (κ1) is 22.9. The highest BCUT2D eigenvalue weighted by Crippen LogP contribution is 2.31. The number of carbonyl (C=O) groups is 1. The number of benzene rings is 2. The Morgan fingerprint density at radius 2 is 1.75 bits per heavy atom. The number of rotatable bonds is 10. The van der Waals surface area contributed by atoms with Gasteiger partial charge in [0.05, 0.1) is 26.5 Å². The highest BCUT2D eigenvalue weighted by atomic mass is 16.5. The van der Waals surface area contributed by atoms with E-state index in [4.69, 9.17) is 14.2 Å². The van der Waals surface area contributed by atoms with E-state index in [-0.39, 0.29) is 31.2 Å². The number of nitrogens with one attached hydrogen (secondary N) is 1. The molecule has 8 nitrogen and oxygen atoms in total. The first-order valence-corrected chi connectivity index (χ1v) is 10.3. The molecule has 0 saturated heterocycles. The largest absolute Gasteiger partial charge is 0.493 e. The average molecular weight is 437 g/mol. The van der Waals surface area contributed by atoms with Crippen molar-refractivity contribution in [3.63, 3.8) is 0 Å². The molecule has 0 unspecified atom stereocenters. The molecule has 0 aliphatic carbocycles. The van der Waals surface area contributed by atoms with E-state index < -0.39 is 0 Å². The van der Waals surface area contributed by atoms with Gasteiger partial charge in [0.25, 0.3) is 11.5 Å². The Morgan fingerprint density at radius 1 is 1.00 bits per heavy atom. The Hall–Kier alpha value is -3.81. The lowest BCUT2D eigenvalue weighted by Gasteiger charge is -2.11. The Kier molecular flexibility index (Phi) is 7.85. The Labute approximate surface area is 186 Å². The quantitative estimate of drug-likeness (QED) is 0.524. The number of ether oxygens (including phenoxy) is 3. The molecule has 1 aromatic heterocycles. The van der Waals surface area contributed by atoms with Gasteiger partial charge in [-0.25, -0.2) is 4.68 Å². The first-order valence-electron chi connectivity index (χ1n) is 10.3. The lowest BCUT2D eigenvalue weighted by molar-refractivity contribution is -0.123. The van der Waals surface area contributed by atoms with Gasteiger partial charge in [0.2, 0.25) is 0 Å². The molecule has 1 amide bonds. The predicted octanol–water partition coefficient (Wildman–Crippen LogP) is 2.69. The van der Waals surface area contributed by atoms with Crippen LogP contribution in [0.25, 0.3) is 11.3 Å². The van der Waals surface area contributed by atoms with Crippen LogP contribution in [-0.4, -0.2) is 43.1 Å². The minimum Gasteiger partial charge on any atom is -0.493 e. The van der Waals surface area contributed by atoms with Gasteiger partial charge in [-0.15, -0.1) is 0 Å². The van der Waals surface area contributed by atoms with Gasteiger partial charge in [-0.3, -0.25) is 9.59 Å². The average Bonchev–Trinajstić information content (AvgIpc) is 2.83. The maximum absolute atomic E-state index is 12.2. The predicted molar refractivity (Wildman–Crippen MR) is 121 cm³/mol. The van der Waals surface area contributed by atoms with E-state index in [1.54, 1.807) is 32.4 Å². The number of aryl methyl sites for hydroxylation is 1. The smallest absolute Gasteiger partial charge is 0.266 e. The molecule has 0 radical (unpaired) electrons. The molecule has 3 aromatic rings. The number of hydrogen-bond donors (Lipinski definition) is 1. The molecule has 0 spiro atoms. The molecule has 8 heteroatoms. The zero-order chi connectivity index (χ0) is 22.9. The van der Waals surface area contributed by atoms with E-state index in [0.29, 0.717) is 22.9 Å². The van der Waals surface area contributed by atoms with Crippen LogP contribution in [0.5, 0.6) is 17.2 Å². The molecule has 168 valence electrons. The second-order valence-corrected chi connectivity index (χ2v) is 6.99. The molecule has 0 bridgehead atoms. The van der Waals surface area contributed by atoms with Gasteiger partial charge >= 0.3 is 0 Å². The van der Waals surface area contributed by atoms with Gasteiger partial charge in [-0.05, 0) is 48.4 Å². The van der Waals surface area contributed by atoms with Crippen molar-refractivity contribution in [1.82, 2.24) is 15.1 Å². The highest BCUT2D eigenvalue weighted by Gasteiger charge is 2.09. The van der Waals surface area contributed by atoms with Gasteiger partial charge in [0, 0.05) is 18.2 Å². The van der Waals surface area contributed by atoms with Crippen LogP contribution in [0.15, 0.2) is 59.4 Å². The van der Waals surface area contributed by atoms with Gasteiger partial charge in [0.15, 0.2) is 18.1 Å². The molecule has 0 aliphatic rings.